The Labute approximate surface area is 94.7 Å². The summed E-state index contributed by atoms with van der Waals surface area (Å²) in [5.74, 6) is 1.06. The van der Waals surface area contributed by atoms with Crippen molar-refractivity contribution in [1.29, 1.82) is 0 Å². The standard InChI is InChI=1S/C13H14O3/c1-8(2)13-7-10-11(15-9(3)14)5-4-6-12(10)16-13/h4-6,13H,1,7H2,2-3H3/t13-/m1/s1. The molecule has 1 heterocycles. The van der Waals surface area contributed by atoms with Gasteiger partial charge in [0.1, 0.15) is 17.6 Å². The summed E-state index contributed by atoms with van der Waals surface area (Å²) in [5, 5.41) is 0. The molecule has 0 saturated carbocycles. The van der Waals surface area contributed by atoms with E-state index >= 15 is 0 Å². The van der Waals surface area contributed by atoms with Crippen LogP contribution in [0, 0.1) is 0 Å². The van der Waals surface area contributed by atoms with Gasteiger partial charge in [0, 0.05) is 18.9 Å². The highest BCUT2D eigenvalue weighted by Gasteiger charge is 2.26. The lowest BCUT2D eigenvalue weighted by Crippen LogP contribution is -2.13. The van der Waals surface area contributed by atoms with Gasteiger partial charge in [-0.2, -0.15) is 0 Å². The van der Waals surface area contributed by atoms with Crippen molar-refractivity contribution in [2.24, 2.45) is 0 Å². The summed E-state index contributed by atoms with van der Waals surface area (Å²) < 4.78 is 10.8. The Kier molecular flexibility index (Phi) is 2.69. The number of carbonyl (C=O) groups is 1. The highest BCUT2D eigenvalue weighted by Crippen LogP contribution is 2.37. The molecule has 1 aliphatic rings. The van der Waals surface area contributed by atoms with Gasteiger partial charge in [-0.15, -0.1) is 0 Å². The Morgan fingerprint density at radius 2 is 2.25 bits per heavy atom. The van der Waals surface area contributed by atoms with Crippen molar-refractivity contribution in [1.82, 2.24) is 0 Å². The third-order valence-corrected chi connectivity index (χ3v) is 2.55. The van der Waals surface area contributed by atoms with Crippen molar-refractivity contribution in [3.05, 3.63) is 35.9 Å². The molecule has 0 fully saturated rings. The largest absolute Gasteiger partial charge is 0.485 e. The van der Waals surface area contributed by atoms with E-state index in [2.05, 4.69) is 6.58 Å². The minimum atomic E-state index is -0.313. The number of carbonyl (C=O) groups excluding carboxylic acids is 1. The molecule has 2 rings (SSSR count). The van der Waals surface area contributed by atoms with Gasteiger partial charge in [0.05, 0.1) is 0 Å². The molecular formula is C13H14O3. The maximum Gasteiger partial charge on any atom is 0.308 e. The second-order valence-electron chi connectivity index (χ2n) is 3.98. The van der Waals surface area contributed by atoms with Gasteiger partial charge < -0.3 is 9.47 Å². The Morgan fingerprint density at radius 1 is 1.50 bits per heavy atom. The van der Waals surface area contributed by atoms with Crippen LogP contribution in [0.1, 0.15) is 19.4 Å². The van der Waals surface area contributed by atoms with Crippen LogP contribution in [0.4, 0.5) is 0 Å². The Hall–Kier alpha value is -1.77. The van der Waals surface area contributed by atoms with Crippen LogP contribution in [0.15, 0.2) is 30.4 Å². The number of hydrogen-bond donors (Lipinski definition) is 0. The van der Waals surface area contributed by atoms with E-state index in [1.165, 1.54) is 6.92 Å². The molecule has 1 aromatic rings. The first-order valence-electron chi connectivity index (χ1n) is 5.20. The van der Waals surface area contributed by atoms with E-state index in [4.69, 9.17) is 9.47 Å². The van der Waals surface area contributed by atoms with E-state index in [0.717, 1.165) is 16.9 Å². The average Bonchev–Trinajstić information content (AvgIpc) is 2.61. The van der Waals surface area contributed by atoms with Crippen molar-refractivity contribution in [2.75, 3.05) is 0 Å². The van der Waals surface area contributed by atoms with Crippen molar-refractivity contribution < 1.29 is 14.3 Å². The van der Waals surface area contributed by atoms with Crippen LogP contribution in [-0.2, 0) is 11.2 Å². The van der Waals surface area contributed by atoms with Crippen LogP contribution < -0.4 is 9.47 Å². The normalized spacial score (nSPS) is 17.5. The summed E-state index contributed by atoms with van der Waals surface area (Å²) in [6.45, 7) is 7.20. The first-order chi connectivity index (χ1) is 7.58. The lowest BCUT2D eigenvalue weighted by Gasteiger charge is -2.08. The SMILES string of the molecule is C=C(C)[C@H]1Cc2c(OC(C)=O)cccc2O1. The molecule has 1 atom stereocenters. The highest BCUT2D eigenvalue weighted by molar-refractivity contribution is 5.70. The number of fused-ring (bicyclic) bond motifs is 1. The fourth-order valence-corrected chi connectivity index (χ4v) is 1.76. The molecule has 16 heavy (non-hydrogen) atoms. The smallest absolute Gasteiger partial charge is 0.308 e. The first kappa shape index (κ1) is 10.7. The molecule has 0 N–H and O–H groups in total. The van der Waals surface area contributed by atoms with Crippen molar-refractivity contribution in [2.45, 2.75) is 26.4 Å². The molecule has 0 unspecified atom stereocenters. The number of esters is 1. The molecule has 0 saturated heterocycles. The van der Waals surface area contributed by atoms with Crippen LogP contribution in [0.25, 0.3) is 0 Å². The molecule has 0 aromatic heterocycles. The summed E-state index contributed by atoms with van der Waals surface area (Å²) in [6, 6.07) is 5.48. The van der Waals surface area contributed by atoms with E-state index in [0.29, 0.717) is 12.2 Å². The van der Waals surface area contributed by atoms with Gasteiger partial charge in [0.2, 0.25) is 0 Å². The van der Waals surface area contributed by atoms with Crippen LogP contribution >= 0.6 is 0 Å². The molecule has 0 bridgehead atoms. The maximum atomic E-state index is 10.9. The first-order valence-corrected chi connectivity index (χ1v) is 5.20. The van der Waals surface area contributed by atoms with Gasteiger partial charge in [0.15, 0.2) is 0 Å². The molecule has 1 aliphatic heterocycles. The molecule has 0 radical (unpaired) electrons. The second kappa shape index (κ2) is 4.00. The fourth-order valence-electron chi connectivity index (χ4n) is 1.76. The third kappa shape index (κ3) is 1.94. The molecule has 0 aliphatic carbocycles. The minimum Gasteiger partial charge on any atom is -0.485 e. The summed E-state index contributed by atoms with van der Waals surface area (Å²) in [5.41, 5.74) is 1.93. The van der Waals surface area contributed by atoms with Gasteiger partial charge in [-0.25, -0.2) is 0 Å². The minimum absolute atomic E-state index is 0.00768. The van der Waals surface area contributed by atoms with Crippen LogP contribution in [0.3, 0.4) is 0 Å². The Bertz CT molecular complexity index is 448. The maximum absolute atomic E-state index is 10.9. The van der Waals surface area contributed by atoms with E-state index < -0.39 is 0 Å². The summed E-state index contributed by atoms with van der Waals surface area (Å²) in [4.78, 5) is 10.9. The van der Waals surface area contributed by atoms with Crippen molar-refractivity contribution in [3.63, 3.8) is 0 Å². The molecule has 0 amide bonds. The molecule has 0 spiro atoms. The lowest BCUT2D eigenvalue weighted by molar-refractivity contribution is -0.131. The van der Waals surface area contributed by atoms with Gasteiger partial charge in [-0.05, 0) is 24.6 Å². The lowest BCUT2D eigenvalue weighted by atomic mass is 10.1. The van der Waals surface area contributed by atoms with Gasteiger partial charge in [-0.3, -0.25) is 4.79 Å². The highest BCUT2D eigenvalue weighted by atomic mass is 16.5. The van der Waals surface area contributed by atoms with Gasteiger partial charge in [0.25, 0.3) is 0 Å². The number of rotatable bonds is 2. The number of hydrogen-bond acceptors (Lipinski definition) is 3. The predicted molar refractivity (Wildman–Crippen MR) is 60.7 cm³/mol. The molecule has 84 valence electrons. The van der Waals surface area contributed by atoms with E-state index in [1.54, 1.807) is 6.07 Å². The predicted octanol–water partition coefficient (Wildman–Crippen LogP) is 2.49. The number of benzene rings is 1. The molecule has 3 heteroatoms. The zero-order chi connectivity index (χ0) is 11.7. The van der Waals surface area contributed by atoms with Crippen molar-refractivity contribution >= 4 is 5.97 Å². The topological polar surface area (TPSA) is 35.5 Å². The Balaban J connectivity index is 2.30. The molecule has 1 aromatic carbocycles. The number of ether oxygens (including phenoxy) is 2. The van der Waals surface area contributed by atoms with Gasteiger partial charge >= 0.3 is 5.97 Å². The monoisotopic (exact) mass is 218 g/mol. The van der Waals surface area contributed by atoms with Crippen LogP contribution in [-0.4, -0.2) is 12.1 Å². The summed E-state index contributed by atoms with van der Waals surface area (Å²) in [7, 11) is 0. The van der Waals surface area contributed by atoms with Crippen molar-refractivity contribution in [3.8, 4) is 11.5 Å². The molecule has 3 nitrogen and oxygen atoms in total. The summed E-state index contributed by atoms with van der Waals surface area (Å²) in [6.07, 6.45) is 0.709. The van der Waals surface area contributed by atoms with Crippen LogP contribution in [0.5, 0.6) is 11.5 Å². The van der Waals surface area contributed by atoms with E-state index in [9.17, 15) is 4.79 Å². The van der Waals surface area contributed by atoms with E-state index in [1.807, 2.05) is 19.1 Å². The third-order valence-electron chi connectivity index (χ3n) is 2.55. The van der Waals surface area contributed by atoms with Gasteiger partial charge in [-0.1, -0.05) is 12.6 Å². The Morgan fingerprint density at radius 3 is 2.88 bits per heavy atom. The quantitative estimate of drug-likeness (QED) is 0.434. The van der Waals surface area contributed by atoms with E-state index in [-0.39, 0.29) is 12.1 Å². The second-order valence-corrected chi connectivity index (χ2v) is 3.98. The van der Waals surface area contributed by atoms with Crippen LogP contribution in [0.2, 0.25) is 0 Å². The zero-order valence-electron chi connectivity index (χ0n) is 9.45. The fraction of sp³-hybridized carbons (Fsp3) is 0.308. The molecular weight excluding hydrogens is 204 g/mol. The zero-order valence-corrected chi connectivity index (χ0v) is 9.45. The average molecular weight is 218 g/mol. The summed E-state index contributed by atoms with van der Waals surface area (Å²) >= 11 is 0.